The van der Waals surface area contributed by atoms with E-state index in [2.05, 4.69) is 10.3 Å². The Kier molecular flexibility index (Phi) is 4.89. The first-order valence-corrected chi connectivity index (χ1v) is 7.13. The molecule has 4 N–H and O–H groups in total. The van der Waals surface area contributed by atoms with Gasteiger partial charge in [-0.15, -0.1) is 11.3 Å². The molecule has 22 heavy (non-hydrogen) atoms. The molecule has 0 saturated heterocycles. The zero-order valence-electron chi connectivity index (χ0n) is 10.9. The molecule has 0 aliphatic heterocycles. The van der Waals surface area contributed by atoms with Crippen molar-refractivity contribution in [3.8, 4) is 0 Å². The molecule has 1 amide bonds. The van der Waals surface area contributed by atoms with Gasteiger partial charge in [0.15, 0.2) is 5.13 Å². The number of nitrogens with two attached hydrogens (primary N) is 1. The lowest BCUT2D eigenvalue weighted by Gasteiger charge is -2.11. The van der Waals surface area contributed by atoms with Gasteiger partial charge in [-0.25, -0.2) is 10.8 Å². The maximum atomic E-state index is 12.8. The average molecular weight is 351 g/mol. The Hall–Kier alpha value is -1.84. The Morgan fingerprint density at radius 3 is 2.77 bits per heavy atom. The summed E-state index contributed by atoms with van der Waals surface area (Å²) in [5, 5.41) is 4.33. The predicted octanol–water partition coefficient (Wildman–Crippen LogP) is 3.09. The van der Waals surface area contributed by atoms with E-state index in [1.165, 1.54) is 6.07 Å². The van der Waals surface area contributed by atoms with Gasteiger partial charge in [-0.3, -0.25) is 10.2 Å². The van der Waals surface area contributed by atoms with Crippen LogP contribution in [-0.2, 0) is 17.4 Å². The summed E-state index contributed by atoms with van der Waals surface area (Å²) in [4.78, 5) is 15.2. The van der Waals surface area contributed by atoms with Crippen molar-refractivity contribution < 1.29 is 18.0 Å². The van der Waals surface area contributed by atoms with Crippen molar-refractivity contribution in [1.82, 2.24) is 10.4 Å². The highest BCUT2D eigenvalue weighted by atomic mass is 35.5. The number of hydrazine groups is 1. The Balaban J connectivity index is 2.16. The van der Waals surface area contributed by atoms with Crippen LogP contribution in [0.3, 0.4) is 0 Å². The van der Waals surface area contributed by atoms with E-state index in [1.54, 1.807) is 5.38 Å². The lowest BCUT2D eigenvalue weighted by Crippen LogP contribution is -2.31. The van der Waals surface area contributed by atoms with Gasteiger partial charge in [0.2, 0.25) is 5.91 Å². The van der Waals surface area contributed by atoms with Crippen molar-refractivity contribution in [1.29, 1.82) is 0 Å². The second kappa shape index (κ2) is 6.51. The second-order valence-corrected chi connectivity index (χ2v) is 5.47. The summed E-state index contributed by atoms with van der Waals surface area (Å²) in [7, 11) is 0. The first kappa shape index (κ1) is 16.5. The molecule has 0 atom stereocenters. The highest BCUT2D eigenvalue weighted by molar-refractivity contribution is 7.13. The molecular weight excluding hydrogens is 341 g/mol. The molecule has 0 radical (unpaired) electrons. The Morgan fingerprint density at radius 2 is 2.14 bits per heavy atom. The summed E-state index contributed by atoms with van der Waals surface area (Å²) in [6.45, 7) is 0. The maximum Gasteiger partial charge on any atom is 0.417 e. The van der Waals surface area contributed by atoms with Crippen molar-refractivity contribution in [3.63, 3.8) is 0 Å². The second-order valence-electron chi connectivity index (χ2n) is 4.21. The van der Waals surface area contributed by atoms with Crippen LogP contribution in [0.2, 0.25) is 5.02 Å². The zero-order valence-corrected chi connectivity index (χ0v) is 12.4. The molecular formula is C12H10ClF3N4OS. The number of hydrogen-bond donors (Lipinski definition) is 3. The van der Waals surface area contributed by atoms with Crippen LogP contribution in [-0.4, -0.2) is 10.9 Å². The van der Waals surface area contributed by atoms with Crippen LogP contribution in [0.1, 0.15) is 11.3 Å². The van der Waals surface area contributed by atoms with E-state index >= 15 is 0 Å². The average Bonchev–Trinajstić information content (AvgIpc) is 2.86. The maximum absolute atomic E-state index is 12.8. The molecule has 0 aliphatic rings. The minimum Gasteiger partial charge on any atom is -0.332 e. The van der Waals surface area contributed by atoms with Gasteiger partial charge in [-0.2, -0.15) is 13.2 Å². The molecule has 0 unspecified atom stereocenters. The first-order chi connectivity index (χ1) is 10.3. The third kappa shape index (κ3) is 4.09. The van der Waals surface area contributed by atoms with Crippen LogP contribution in [0, 0.1) is 0 Å². The minimum atomic E-state index is -4.54. The predicted molar refractivity (Wildman–Crippen MR) is 77.9 cm³/mol. The normalized spacial score (nSPS) is 11.3. The molecule has 5 nitrogen and oxygen atoms in total. The number of carbonyl (C=O) groups is 1. The van der Waals surface area contributed by atoms with Crippen molar-refractivity contribution in [2.24, 2.45) is 5.84 Å². The van der Waals surface area contributed by atoms with E-state index in [1.807, 2.05) is 5.43 Å². The number of nitrogens with zero attached hydrogens (tertiary/aromatic N) is 1. The Labute approximate surface area is 132 Å². The number of rotatable bonds is 4. The SMILES string of the molecule is NNC(=O)Cc1csc(Nc2ccc(Cl)c(C(F)(F)F)c2)n1. The highest BCUT2D eigenvalue weighted by Crippen LogP contribution is 2.36. The number of aromatic nitrogens is 1. The summed E-state index contributed by atoms with van der Waals surface area (Å²) in [5.74, 6) is 4.55. The number of alkyl halides is 3. The van der Waals surface area contributed by atoms with E-state index in [0.717, 1.165) is 23.5 Å². The van der Waals surface area contributed by atoms with Crippen LogP contribution in [0.4, 0.5) is 24.0 Å². The monoisotopic (exact) mass is 350 g/mol. The summed E-state index contributed by atoms with van der Waals surface area (Å²) in [6.07, 6.45) is -4.55. The van der Waals surface area contributed by atoms with E-state index < -0.39 is 17.6 Å². The lowest BCUT2D eigenvalue weighted by atomic mass is 10.2. The van der Waals surface area contributed by atoms with Crippen molar-refractivity contribution in [3.05, 3.63) is 39.9 Å². The number of amides is 1. The van der Waals surface area contributed by atoms with E-state index in [4.69, 9.17) is 17.4 Å². The summed E-state index contributed by atoms with van der Waals surface area (Å²) in [6, 6.07) is 3.46. The quantitative estimate of drug-likeness (QED) is 0.450. The molecule has 2 rings (SSSR count). The zero-order chi connectivity index (χ0) is 16.3. The third-order valence-corrected chi connectivity index (χ3v) is 3.71. The topological polar surface area (TPSA) is 80.0 Å². The number of thiazole rings is 1. The summed E-state index contributed by atoms with van der Waals surface area (Å²) < 4.78 is 38.3. The van der Waals surface area contributed by atoms with E-state index in [9.17, 15) is 18.0 Å². The molecule has 118 valence electrons. The number of hydrogen-bond acceptors (Lipinski definition) is 5. The van der Waals surface area contributed by atoms with Gasteiger partial charge in [0.05, 0.1) is 22.7 Å². The molecule has 1 heterocycles. The smallest absolute Gasteiger partial charge is 0.332 e. The number of benzene rings is 1. The van der Waals surface area contributed by atoms with Gasteiger partial charge >= 0.3 is 6.18 Å². The first-order valence-electron chi connectivity index (χ1n) is 5.87. The number of carbonyl (C=O) groups excluding carboxylic acids is 1. The van der Waals surface area contributed by atoms with Gasteiger partial charge in [0, 0.05) is 11.1 Å². The van der Waals surface area contributed by atoms with Gasteiger partial charge in [0.25, 0.3) is 0 Å². The summed E-state index contributed by atoms with van der Waals surface area (Å²) >= 11 is 6.70. The van der Waals surface area contributed by atoms with E-state index in [-0.39, 0.29) is 17.1 Å². The minimum absolute atomic E-state index is 0.0108. The van der Waals surface area contributed by atoms with E-state index in [0.29, 0.717) is 10.8 Å². The third-order valence-electron chi connectivity index (χ3n) is 2.58. The van der Waals surface area contributed by atoms with Crippen molar-refractivity contribution in [2.75, 3.05) is 5.32 Å². The van der Waals surface area contributed by atoms with Crippen LogP contribution in [0.25, 0.3) is 0 Å². The molecule has 1 aromatic carbocycles. The fourth-order valence-electron chi connectivity index (χ4n) is 1.60. The van der Waals surface area contributed by atoms with Crippen LogP contribution in [0.5, 0.6) is 0 Å². The Bertz CT molecular complexity index is 689. The largest absolute Gasteiger partial charge is 0.417 e. The molecule has 2 aromatic rings. The summed E-state index contributed by atoms with van der Waals surface area (Å²) in [5.41, 5.74) is 1.69. The molecule has 1 aromatic heterocycles. The van der Waals surface area contributed by atoms with Crippen LogP contribution in [0.15, 0.2) is 23.6 Å². The molecule has 0 bridgehead atoms. The van der Waals surface area contributed by atoms with Crippen LogP contribution < -0.4 is 16.6 Å². The van der Waals surface area contributed by atoms with Gasteiger partial charge in [-0.1, -0.05) is 11.6 Å². The number of nitrogens with one attached hydrogen (secondary N) is 2. The van der Waals surface area contributed by atoms with Gasteiger partial charge in [-0.05, 0) is 18.2 Å². The van der Waals surface area contributed by atoms with Gasteiger partial charge in [0.1, 0.15) is 0 Å². The lowest BCUT2D eigenvalue weighted by molar-refractivity contribution is -0.137. The van der Waals surface area contributed by atoms with Crippen molar-refractivity contribution >= 4 is 39.7 Å². The Morgan fingerprint density at radius 1 is 1.41 bits per heavy atom. The molecule has 10 heteroatoms. The number of halogens is 4. The van der Waals surface area contributed by atoms with Gasteiger partial charge < -0.3 is 5.32 Å². The highest BCUT2D eigenvalue weighted by Gasteiger charge is 2.33. The molecule has 0 aliphatic carbocycles. The standard InChI is InChI=1S/C12H10ClF3N4OS/c13-9-2-1-6(3-8(9)12(14,15)16)18-11-19-7(5-22-11)4-10(21)20-17/h1-3,5H,4,17H2,(H,18,19)(H,20,21). The van der Waals surface area contributed by atoms with Crippen molar-refractivity contribution in [2.45, 2.75) is 12.6 Å². The van der Waals surface area contributed by atoms with Crippen LogP contribution >= 0.6 is 22.9 Å². The fourth-order valence-corrected chi connectivity index (χ4v) is 2.56. The molecule has 0 fully saturated rings. The fraction of sp³-hybridized carbons (Fsp3) is 0.167. The molecule has 0 saturated carbocycles. The molecule has 0 spiro atoms. The number of anilines is 2.